The number of carbonyl (C=O) groups is 5. The number of amides is 4. The summed E-state index contributed by atoms with van der Waals surface area (Å²) in [5.41, 5.74) is 32.1. The van der Waals surface area contributed by atoms with E-state index in [1.807, 2.05) is 0 Å². The molecule has 0 fully saturated rings. The number of nitrogens with zero attached hydrogens (tertiary/aromatic N) is 2. The van der Waals surface area contributed by atoms with Gasteiger partial charge in [0.15, 0.2) is 11.9 Å². The first-order chi connectivity index (χ1) is 17.2. The second-order valence-electron chi connectivity index (χ2n) is 8.20. The van der Waals surface area contributed by atoms with Gasteiger partial charge < -0.3 is 55.5 Å². The number of hydrogen-bond acceptors (Lipinski definition) is 8. The van der Waals surface area contributed by atoms with Crippen LogP contribution in [0, 0.1) is 0 Å². The van der Waals surface area contributed by atoms with Crippen molar-refractivity contribution in [3.8, 4) is 0 Å². The van der Waals surface area contributed by atoms with E-state index in [-0.39, 0.29) is 57.1 Å². The van der Waals surface area contributed by atoms with E-state index in [2.05, 4.69) is 25.9 Å². The van der Waals surface area contributed by atoms with E-state index in [0.29, 0.717) is 6.42 Å². The number of aliphatic imine (C=N–C) groups is 2. The second kappa shape index (κ2) is 17.3. The molecule has 0 aliphatic rings. The number of rotatable bonds is 18. The average molecular weight is 530 g/mol. The van der Waals surface area contributed by atoms with Gasteiger partial charge in [-0.1, -0.05) is 0 Å². The van der Waals surface area contributed by atoms with Crippen LogP contribution in [0.2, 0.25) is 0 Å². The Labute approximate surface area is 214 Å². The molecule has 0 aromatic rings. The van der Waals surface area contributed by atoms with Crippen LogP contribution in [0.4, 0.5) is 0 Å². The van der Waals surface area contributed by atoms with Crippen LogP contribution in [0.5, 0.6) is 0 Å². The third-order valence-electron chi connectivity index (χ3n) is 4.92. The van der Waals surface area contributed by atoms with E-state index in [9.17, 15) is 24.0 Å². The van der Waals surface area contributed by atoms with Crippen molar-refractivity contribution in [1.29, 1.82) is 0 Å². The number of carbonyl (C=O) groups excluding carboxylic acids is 4. The van der Waals surface area contributed by atoms with Crippen molar-refractivity contribution in [1.82, 2.24) is 16.0 Å². The summed E-state index contributed by atoms with van der Waals surface area (Å²) >= 11 is 0. The standard InChI is InChI=1S/C20H39N11O6/c1-10(18(36)37)29-16(34)12(5-3-9-28-20(25)26)31-17(35)13(6-7-14(22)32)30-15(33)11(21)4-2-8-27-19(23)24/h10-13H,2-9,21H2,1H3,(H2,22,32)(H,29,34)(H,30,33)(H,31,35)(H,36,37)(H4,23,24,27)(H4,25,26,28). The molecular weight excluding hydrogens is 490 g/mol. The molecule has 0 heterocycles. The first kappa shape index (κ1) is 32.9. The molecular formula is C20H39N11O6. The van der Waals surface area contributed by atoms with Crippen LogP contribution in [0.1, 0.15) is 45.4 Å². The lowest BCUT2D eigenvalue weighted by Gasteiger charge is -2.24. The maximum atomic E-state index is 13.0. The van der Waals surface area contributed by atoms with Gasteiger partial charge in [-0.15, -0.1) is 0 Å². The summed E-state index contributed by atoms with van der Waals surface area (Å²) in [6.45, 7) is 1.65. The molecule has 0 saturated heterocycles. The van der Waals surface area contributed by atoms with E-state index in [1.54, 1.807) is 0 Å². The van der Waals surface area contributed by atoms with Gasteiger partial charge in [0.25, 0.3) is 0 Å². The van der Waals surface area contributed by atoms with Gasteiger partial charge in [0.2, 0.25) is 23.6 Å². The highest BCUT2D eigenvalue weighted by molar-refractivity contribution is 5.94. The van der Waals surface area contributed by atoms with Gasteiger partial charge in [-0.05, 0) is 39.0 Å². The normalized spacial score (nSPS) is 13.7. The van der Waals surface area contributed by atoms with Crippen molar-refractivity contribution in [2.75, 3.05) is 13.1 Å². The number of guanidine groups is 2. The lowest BCUT2D eigenvalue weighted by atomic mass is 10.1. The summed E-state index contributed by atoms with van der Waals surface area (Å²) in [6, 6.07) is -4.68. The summed E-state index contributed by atoms with van der Waals surface area (Å²) in [5, 5.41) is 16.3. The lowest BCUT2D eigenvalue weighted by Crippen LogP contribution is -2.57. The van der Waals surface area contributed by atoms with Crippen molar-refractivity contribution < 1.29 is 29.1 Å². The Kier molecular flexibility index (Phi) is 15.4. The Hall–Kier alpha value is -4.15. The Morgan fingerprint density at radius 2 is 1.19 bits per heavy atom. The van der Waals surface area contributed by atoms with Crippen LogP contribution in [0.25, 0.3) is 0 Å². The van der Waals surface area contributed by atoms with Gasteiger partial charge in [-0.2, -0.15) is 0 Å². The first-order valence-corrected chi connectivity index (χ1v) is 11.5. The zero-order valence-electron chi connectivity index (χ0n) is 20.8. The fourth-order valence-corrected chi connectivity index (χ4v) is 2.91. The molecule has 0 spiro atoms. The van der Waals surface area contributed by atoms with Gasteiger partial charge in [0, 0.05) is 19.5 Å². The highest BCUT2D eigenvalue weighted by Crippen LogP contribution is 2.05. The Morgan fingerprint density at radius 3 is 1.68 bits per heavy atom. The molecule has 0 aromatic heterocycles. The molecule has 17 heteroatoms. The molecule has 4 unspecified atom stereocenters. The fraction of sp³-hybridized carbons (Fsp3) is 0.650. The van der Waals surface area contributed by atoms with Crippen molar-refractivity contribution in [3.05, 3.63) is 0 Å². The molecule has 17 nitrogen and oxygen atoms in total. The summed E-state index contributed by atoms with van der Waals surface area (Å²) in [4.78, 5) is 68.2. The third kappa shape index (κ3) is 15.5. The van der Waals surface area contributed by atoms with Crippen molar-refractivity contribution in [2.24, 2.45) is 44.4 Å². The zero-order valence-corrected chi connectivity index (χ0v) is 20.8. The van der Waals surface area contributed by atoms with Crippen LogP contribution in [-0.2, 0) is 24.0 Å². The predicted molar refractivity (Wildman–Crippen MR) is 135 cm³/mol. The molecule has 16 N–H and O–H groups in total. The van der Waals surface area contributed by atoms with Crippen LogP contribution in [0.15, 0.2) is 9.98 Å². The number of hydrogen-bond donors (Lipinski definition) is 10. The van der Waals surface area contributed by atoms with E-state index in [1.165, 1.54) is 6.92 Å². The lowest BCUT2D eigenvalue weighted by molar-refractivity contribution is -0.141. The number of nitrogens with two attached hydrogens (primary N) is 6. The average Bonchev–Trinajstić information content (AvgIpc) is 2.80. The summed E-state index contributed by atoms with van der Waals surface area (Å²) in [6.07, 6.45) is 0.495. The maximum absolute atomic E-state index is 13.0. The number of primary amides is 1. The van der Waals surface area contributed by atoms with E-state index in [4.69, 9.17) is 39.5 Å². The van der Waals surface area contributed by atoms with Gasteiger partial charge in [-0.25, -0.2) is 0 Å². The summed E-state index contributed by atoms with van der Waals surface area (Å²) in [7, 11) is 0. The Morgan fingerprint density at radius 1 is 0.730 bits per heavy atom. The molecule has 0 bridgehead atoms. The first-order valence-electron chi connectivity index (χ1n) is 11.5. The Balaban J connectivity index is 5.45. The minimum Gasteiger partial charge on any atom is -0.480 e. The molecule has 4 atom stereocenters. The topological polar surface area (TPSA) is 323 Å². The molecule has 0 rings (SSSR count). The number of carboxylic acids is 1. The van der Waals surface area contributed by atoms with Crippen LogP contribution in [-0.4, -0.2) is 83.9 Å². The monoisotopic (exact) mass is 529 g/mol. The smallest absolute Gasteiger partial charge is 0.325 e. The van der Waals surface area contributed by atoms with Crippen LogP contribution >= 0.6 is 0 Å². The van der Waals surface area contributed by atoms with Crippen molar-refractivity contribution >= 4 is 41.5 Å². The van der Waals surface area contributed by atoms with Crippen LogP contribution in [0.3, 0.4) is 0 Å². The molecule has 0 aliphatic carbocycles. The van der Waals surface area contributed by atoms with Crippen LogP contribution < -0.4 is 50.4 Å². The zero-order chi connectivity index (χ0) is 28.5. The third-order valence-corrected chi connectivity index (χ3v) is 4.92. The summed E-state index contributed by atoms with van der Waals surface area (Å²) in [5.74, 6) is -4.50. The van der Waals surface area contributed by atoms with Crippen molar-refractivity contribution in [2.45, 2.75) is 69.6 Å². The molecule has 210 valence electrons. The molecule has 0 aromatic carbocycles. The van der Waals surface area contributed by atoms with E-state index >= 15 is 0 Å². The highest BCUT2D eigenvalue weighted by atomic mass is 16.4. The van der Waals surface area contributed by atoms with E-state index in [0.717, 1.165) is 0 Å². The molecule has 0 aliphatic heterocycles. The number of aliphatic carboxylic acids is 1. The number of carboxylic acid groups (broad SMARTS) is 1. The highest BCUT2D eigenvalue weighted by Gasteiger charge is 2.29. The molecule has 4 amide bonds. The summed E-state index contributed by atoms with van der Waals surface area (Å²) < 4.78 is 0. The van der Waals surface area contributed by atoms with Gasteiger partial charge >= 0.3 is 5.97 Å². The molecule has 0 saturated carbocycles. The predicted octanol–water partition coefficient (Wildman–Crippen LogP) is -4.75. The van der Waals surface area contributed by atoms with Gasteiger partial charge in [0.1, 0.15) is 18.1 Å². The maximum Gasteiger partial charge on any atom is 0.325 e. The van der Waals surface area contributed by atoms with Gasteiger partial charge in [-0.3, -0.25) is 34.0 Å². The number of nitrogens with one attached hydrogen (secondary N) is 3. The second-order valence-corrected chi connectivity index (χ2v) is 8.20. The largest absolute Gasteiger partial charge is 0.480 e. The molecule has 37 heavy (non-hydrogen) atoms. The minimum atomic E-state index is -1.28. The minimum absolute atomic E-state index is 0.0431. The SMILES string of the molecule is CC(NC(=O)C(CCCN=C(N)N)NC(=O)C(CCC(N)=O)NC(=O)C(N)CCCN=C(N)N)C(=O)O. The van der Waals surface area contributed by atoms with Crippen molar-refractivity contribution in [3.63, 3.8) is 0 Å². The molecule has 0 radical (unpaired) electrons. The Bertz CT molecular complexity index is 856. The van der Waals surface area contributed by atoms with E-state index < -0.39 is 53.8 Å². The fourth-order valence-electron chi connectivity index (χ4n) is 2.91. The quantitative estimate of drug-likeness (QED) is 0.0456. The van der Waals surface area contributed by atoms with Gasteiger partial charge in [0.05, 0.1) is 6.04 Å².